The summed E-state index contributed by atoms with van der Waals surface area (Å²) in [5, 5.41) is 8.25. The molecule has 3 aromatic carbocycles. The molecule has 1 amide bonds. The molecule has 5 rings (SSSR count). The average molecular weight is 453 g/mol. The molecule has 2 heterocycles. The highest BCUT2D eigenvalue weighted by atomic mass is 35.5. The van der Waals surface area contributed by atoms with Crippen LogP contribution < -0.4 is 5.32 Å². The van der Waals surface area contributed by atoms with Crippen molar-refractivity contribution in [2.24, 2.45) is 0 Å². The van der Waals surface area contributed by atoms with Gasteiger partial charge in [0.05, 0.1) is 17.9 Å². The number of hydrogen-bond donors (Lipinski definition) is 1. The monoisotopic (exact) mass is 452 g/mol. The van der Waals surface area contributed by atoms with Gasteiger partial charge < -0.3 is 5.32 Å². The molecule has 0 fully saturated rings. The number of carbonyl (C=O) groups is 1. The standard InChI is InChI=1S/C27H21ClN4O/c28-23-14-8-7-13-21(23)25-15-16-29-26-22(18-30-32(25)26)27(33)31-24(20-11-5-2-6-12-20)17-19-9-3-1-4-10-19/h1-16,18,24H,17H2,(H,31,33)/t24-/m0/s1. The minimum absolute atomic E-state index is 0.192. The van der Waals surface area contributed by atoms with Gasteiger partial charge >= 0.3 is 0 Å². The number of carbonyl (C=O) groups excluding carboxylic acids is 1. The lowest BCUT2D eigenvalue weighted by Crippen LogP contribution is -2.30. The van der Waals surface area contributed by atoms with E-state index in [-0.39, 0.29) is 11.9 Å². The fourth-order valence-corrected chi connectivity index (χ4v) is 4.18. The van der Waals surface area contributed by atoms with Gasteiger partial charge in [-0.2, -0.15) is 5.10 Å². The highest BCUT2D eigenvalue weighted by Gasteiger charge is 2.21. The van der Waals surface area contributed by atoms with Crippen LogP contribution in [0.4, 0.5) is 0 Å². The lowest BCUT2D eigenvalue weighted by atomic mass is 9.98. The molecule has 0 bridgehead atoms. The van der Waals surface area contributed by atoms with Crippen molar-refractivity contribution in [3.8, 4) is 11.3 Å². The van der Waals surface area contributed by atoms with Gasteiger partial charge in [-0.05, 0) is 29.7 Å². The summed E-state index contributed by atoms with van der Waals surface area (Å²) < 4.78 is 1.66. The number of nitrogens with one attached hydrogen (secondary N) is 1. The number of amides is 1. The number of halogens is 1. The third kappa shape index (κ3) is 4.36. The number of aromatic nitrogens is 3. The van der Waals surface area contributed by atoms with Gasteiger partial charge in [-0.1, -0.05) is 90.5 Å². The number of hydrogen-bond acceptors (Lipinski definition) is 3. The maximum Gasteiger partial charge on any atom is 0.257 e. The molecule has 33 heavy (non-hydrogen) atoms. The van der Waals surface area contributed by atoms with Crippen LogP contribution in [-0.2, 0) is 6.42 Å². The molecule has 0 saturated heterocycles. The van der Waals surface area contributed by atoms with Gasteiger partial charge in [0, 0.05) is 16.8 Å². The lowest BCUT2D eigenvalue weighted by molar-refractivity contribution is 0.0938. The summed E-state index contributed by atoms with van der Waals surface area (Å²) in [5.41, 5.74) is 4.68. The first-order valence-electron chi connectivity index (χ1n) is 10.7. The van der Waals surface area contributed by atoms with Gasteiger partial charge in [-0.3, -0.25) is 4.79 Å². The number of nitrogens with zero attached hydrogens (tertiary/aromatic N) is 3. The minimum atomic E-state index is -0.224. The summed E-state index contributed by atoms with van der Waals surface area (Å²) in [6.07, 6.45) is 3.90. The van der Waals surface area contributed by atoms with E-state index in [2.05, 4.69) is 27.5 Å². The van der Waals surface area contributed by atoms with E-state index < -0.39 is 0 Å². The van der Waals surface area contributed by atoms with Crippen LogP contribution in [0, 0.1) is 0 Å². The fourth-order valence-electron chi connectivity index (χ4n) is 3.95. The van der Waals surface area contributed by atoms with Crippen LogP contribution in [0.3, 0.4) is 0 Å². The molecular formula is C27H21ClN4O. The van der Waals surface area contributed by atoms with Crippen LogP contribution in [-0.4, -0.2) is 20.5 Å². The van der Waals surface area contributed by atoms with E-state index in [9.17, 15) is 4.79 Å². The third-order valence-electron chi connectivity index (χ3n) is 5.59. The van der Waals surface area contributed by atoms with E-state index in [1.165, 1.54) is 0 Å². The zero-order chi connectivity index (χ0) is 22.6. The van der Waals surface area contributed by atoms with Crippen molar-refractivity contribution in [2.45, 2.75) is 12.5 Å². The molecule has 2 aromatic heterocycles. The first kappa shape index (κ1) is 20.9. The number of benzene rings is 3. The molecule has 0 spiro atoms. The second kappa shape index (κ2) is 9.27. The largest absolute Gasteiger partial charge is 0.345 e. The molecule has 0 aliphatic carbocycles. The minimum Gasteiger partial charge on any atom is -0.345 e. The highest BCUT2D eigenvalue weighted by molar-refractivity contribution is 6.33. The van der Waals surface area contributed by atoms with Crippen LogP contribution in [0.25, 0.3) is 16.9 Å². The normalized spacial score (nSPS) is 11.9. The molecule has 1 atom stereocenters. The van der Waals surface area contributed by atoms with E-state index in [1.54, 1.807) is 16.9 Å². The van der Waals surface area contributed by atoms with Crippen LogP contribution in [0.5, 0.6) is 0 Å². The molecule has 0 aliphatic heterocycles. The SMILES string of the molecule is O=C(N[C@@H](Cc1ccccc1)c1ccccc1)c1cnn2c(-c3ccccc3Cl)ccnc12. The van der Waals surface area contributed by atoms with E-state index >= 15 is 0 Å². The molecular weight excluding hydrogens is 432 g/mol. The van der Waals surface area contributed by atoms with E-state index in [4.69, 9.17) is 11.6 Å². The molecule has 5 nitrogen and oxygen atoms in total. The predicted molar refractivity (Wildman–Crippen MR) is 130 cm³/mol. The molecule has 1 N–H and O–H groups in total. The second-order valence-electron chi connectivity index (χ2n) is 7.73. The van der Waals surface area contributed by atoms with Gasteiger partial charge in [0.1, 0.15) is 5.56 Å². The summed E-state index contributed by atoms with van der Waals surface area (Å²) >= 11 is 6.40. The van der Waals surface area contributed by atoms with Crippen molar-refractivity contribution in [1.29, 1.82) is 0 Å². The number of fused-ring (bicyclic) bond motifs is 1. The van der Waals surface area contributed by atoms with Crippen molar-refractivity contribution in [1.82, 2.24) is 19.9 Å². The Kier molecular flexibility index (Phi) is 5.87. The molecule has 6 heteroatoms. The Bertz CT molecular complexity index is 1400. The van der Waals surface area contributed by atoms with Crippen LogP contribution >= 0.6 is 11.6 Å². The van der Waals surface area contributed by atoms with Crippen molar-refractivity contribution in [2.75, 3.05) is 0 Å². The van der Waals surface area contributed by atoms with Crippen molar-refractivity contribution < 1.29 is 4.79 Å². The fraction of sp³-hybridized carbons (Fsp3) is 0.0741. The predicted octanol–water partition coefficient (Wildman–Crippen LogP) is 5.76. The van der Waals surface area contributed by atoms with Crippen molar-refractivity contribution >= 4 is 23.2 Å². The van der Waals surface area contributed by atoms with Crippen molar-refractivity contribution in [3.63, 3.8) is 0 Å². The van der Waals surface area contributed by atoms with E-state index in [0.29, 0.717) is 22.7 Å². The molecule has 0 aliphatic rings. The molecule has 5 aromatic rings. The summed E-state index contributed by atoms with van der Waals surface area (Å²) in [7, 11) is 0. The smallest absolute Gasteiger partial charge is 0.257 e. The molecule has 0 unspecified atom stereocenters. The first-order chi connectivity index (χ1) is 16.2. The second-order valence-corrected chi connectivity index (χ2v) is 8.14. The van der Waals surface area contributed by atoms with Crippen molar-refractivity contribution in [3.05, 3.63) is 125 Å². The van der Waals surface area contributed by atoms with Crippen LogP contribution in [0.2, 0.25) is 5.02 Å². The maximum absolute atomic E-state index is 13.4. The topological polar surface area (TPSA) is 59.3 Å². The zero-order valence-electron chi connectivity index (χ0n) is 17.7. The van der Waals surface area contributed by atoms with Gasteiger partial charge in [-0.15, -0.1) is 0 Å². The Morgan fingerprint density at radius 2 is 1.61 bits per heavy atom. The third-order valence-corrected chi connectivity index (χ3v) is 5.92. The van der Waals surface area contributed by atoms with Crippen LogP contribution in [0.15, 0.2) is 103 Å². The Balaban J connectivity index is 1.49. The quantitative estimate of drug-likeness (QED) is 0.356. The lowest BCUT2D eigenvalue weighted by Gasteiger charge is -2.19. The van der Waals surface area contributed by atoms with Gasteiger partial charge in [-0.25, -0.2) is 9.50 Å². The Labute approximate surface area is 196 Å². The summed E-state index contributed by atoms with van der Waals surface area (Å²) in [5.74, 6) is -0.224. The van der Waals surface area contributed by atoms with Crippen LogP contribution in [0.1, 0.15) is 27.5 Å². The number of rotatable bonds is 6. The zero-order valence-corrected chi connectivity index (χ0v) is 18.5. The highest BCUT2D eigenvalue weighted by Crippen LogP contribution is 2.28. The van der Waals surface area contributed by atoms with E-state index in [0.717, 1.165) is 22.4 Å². The average Bonchev–Trinajstić information content (AvgIpc) is 3.30. The molecule has 162 valence electrons. The summed E-state index contributed by atoms with van der Waals surface area (Å²) in [6, 6.07) is 29.3. The van der Waals surface area contributed by atoms with Gasteiger partial charge in [0.15, 0.2) is 5.65 Å². The Morgan fingerprint density at radius 1 is 0.909 bits per heavy atom. The Morgan fingerprint density at radius 3 is 2.36 bits per heavy atom. The molecule has 0 radical (unpaired) electrons. The van der Waals surface area contributed by atoms with E-state index in [1.807, 2.05) is 78.9 Å². The Hall–Kier alpha value is -3.96. The summed E-state index contributed by atoms with van der Waals surface area (Å²) in [6.45, 7) is 0. The van der Waals surface area contributed by atoms with Gasteiger partial charge in [0.25, 0.3) is 5.91 Å². The van der Waals surface area contributed by atoms with Gasteiger partial charge in [0.2, 0.25) is 0 Å². The first-order valence-corrected chi connectivity index (χ1v) is 11.1. The summed E-state index contributed by atoms with van der Waals surface area (Å²) in [4.78, 5) is 17.8. The molecule has 0 saturated carbocycles. The maximum atomic E-state index is 13.4.